The molecule has 0 unspecified atom stereocenters. The van der Waals surface area contributed by atoms with Crippen molar-refractivity contribution in [2.45, 2.75) is 13.5 Å². The van der Waals surface area contributed by atoms with Crippen LogP contribution in [0.25, 0.3) is 11.4 Å². The second-order valence-electron chi connectivity index (χ2n) is 5.45. The third-order valence-electron chi connectivity index (χ3n) is 3.72. The average molecular weight is 354 g/mol. The first-order valence-corrected chi connectivity index (χ1v) is 7.89. The van der Waals surface area contributed by atoms with Crippen LogP contribution in [0.1, 0.15) is 23.2 Å². The van der Waals surface area contributed by atoms with E-state index in [0.29, 0.717) is 34.5 Å². The van der Waals surface area contributed by atoms with E-state index in [1.165, 1.54) is 14.0 Å². The SMILES string of the molecule is COc1cccc(-c2noc(COc3ccc(C(C)=O)cc3OC)n2)c1. The Hall–Kier alpha value is -3.35. The maximum absolute atomic E-state index is 11.4. The highest BCUT2D eigenvalue weighted by molar-refractivity contribution is 5.94. The predicted octanol–water partition coefficient (Wildman–Crippen LogP) is 3.54. The monoisotopic (exact) mass is 354 g/mol. The molecule has 0 fully saturated rings. The van der Waals surface area contributed by atoms with Gasteiger partial charge in [0, 0.05) is 11.1 Å². The molecule has 7 heteroatoms. The van der Waals surface area contributed by atoms with Crippen LogP contribution in [0.3, 0.4) is 0 Å². The molecule has 0 saturated heterocycles. The van der Waals surface area contributed by atoms with Gasteiger partial charge in [-0.15, -0.1) is 0 Å². The Balaban J connectivity index is 1.73. The largest absolute Gasteiger partial charge is 0.497 e. The van der Waals surface area contributed by atoms with Crippen LogP contribution < -0.4 is 14.2 Å². The summed E-state index contributed by atoms with van der Waals surface area (Å²) in [6.07, 6.45) is 0. The molecule has 0 saturated carbocycles. The van der Waals surface area contributed by atoms with Crippen LogP contribution in [0.5, 0.6) is 17.2 Å². The van der Waals surface area contributed by atoms with Crippen LogP contribution in [0, 0.1) is 0 Å². The van der Waals surface area contributed by atoms with Crippen LogP contribution in [-0.2, 0) is 6.61 Å². The van der Waals surface area contributed by atoms with Gasteiger partial charge in [-0.3, -0.25) is 4.79 Å². The van der Waals surface area contributed by atoms with Crippen molar-refractivity contribution in [1.29, 1.82) is 0 Å². The fraction of sp³-hybridized carbons (Fsp3) is 0.211. The molecule has 0 spiro atoms. The number of ketones is 1. The Bertz CT molecular complexity index is 920. The average Bonchev–Trinajstić information content (AvgIpc) is 3.15. The number of methoxy groups -OCH3 is 2. The van der Waals surface area contributed by atoms with Gasteiger partial charge in [-0.1, -0.05) is 17.3 Å². The summed E-state index contributed by atoms with van der Waals surface area (Å²) in [7, 11) is 3.11. The number of carbonyl (C=O) groups excluding carboxylic acids is 1. The summed E-state index contributed by atoms with van der Waals surface area (Å²) >= 11 is 0. The first-order chi connectivity index (χ1) is 12.6. The molecule has 134 valence electrons. The molecule has 0 atom stereocenters. The lowest BCUT2D eigenvalue weighted by molar-refractivity contribution is 0.101. The van der Waals surface area contributed by atoms with Crippen molar-refractivity contribution in [1.82, 2.24) is 10.1 Å². The van der Waals surface area contributed by atoms with Gasteiger partial charge in [0.25, 0.3) is 5.89 Å². The second kappa shape index (κ2) is 7.69. The summed E-state index contributed by atoms with van der Waals surface area (Å²) in [4.78, 5) is 15.8. The van der Waals surface area contributed by atoms with Crippen LogP contribution in [0.15, 0.2) is 47.0 Å². The molecule has 26 heavy (non-hydrogen) atoms. The second-order valence-corrected chi connectivity index (χ2v) is 5.45. The first kappa shape index (κ1) is 17.5. The zero-order chi connectivity index (χ0) is 18.5. The van der Waals surface area contributed by atoms with Gasteiger partial charge in [0.2, 0.25) is 5.82 Å². The Morgan fingerprint density at radius 1 is 1.08 bits per heavy atom. The lowest BCUT2D eigenvalue weighted by Gasteiger charge is -2.09. The topological polar surface area (TPSA) is 83.7 Å². The van der Waals surface area contributed by atoms with Gasteiger partial charge < -0.3 is 18.7 Å². The zero-order valence-corrected chi connectivity index (χ0v) is 14.7. The number of Topliss-reactive ketones (excluding diaryl/α,β-unsaturated/α-hetero) is 1. The van der Waals surface area contributed by atoms with Crippen molar-refractivity contribution >= 4 is 5.78 Å². The number of ether oxygens (including phenoxy) is 3. The molecule has 0 N–H and O–H groups in total. The molecule has 1 heterocycles. The van der Waals surface area contributed by atoms with E-state index >= 15 is 0 Å². The minimum absolute atomic E-state index is 0.0466. The van der Waals surface area contributed by atoms with Crippen LogP contribution in [0.4, 0.5) is 0 Å². The molecule has 0 amide bonds. The van der Waals surface area contributed by atoms with Crippen LogP contribution >= 0.6 is 0 Å². The highest BCUT2D eigenvalue weighted by Gasteiger charge is 2.13. The summed E-state index contributed by atoms with van der Waals surface area (Å²) < 4.78 is 21.4. The number of aromatic nitrogens is 2. The van der Waals surface area contributed by atoms with Crippen LogP contribution in [0.2, 0.25) is 0 Å². The smallest absolute Gasteiger partial charge is 0.264 e. The zero-order valence-electron chi connectivity index (χ0n) is 14.7. The number of rotatable bonds is 7. The molecule has 2 aromatic carbocycles. The Kier molecular flexibility index (Phi) is 5.17. The fourth-order valence-electron chi connectivity index (χ4n) is 2.34. The molecule has 0 aliphatic heterocycles. The quantitative estimate of drug-likeness (QED) is 0.600. The number of hydrogen-bond donors (Lipinski definition) is 0. The summed E-state index contributed by atoms with van der Waals surface area (Å²) in [5.41, 5.74) is 1.33. The standard InChI is InChI=1S/C19H18N2O5/c1-12(22)13-7-8-16(17(10-13)24-3)25-11-18-20-19(21-26-18)14-5-4-6-15(9-14)23-2/h4-10H,11H2,1-3H3. The molecular formula is C19H18N2O5. The van der Waals surface area contributed by atoms with E-state index in [1.54, 1.807) is 25.3 Å². The van der Waals surface area contributed by atoms with Crippen molar-refractivity contribution in [3.05, 3.63) is 53.9 Å². The van der Waals surface area contributed by atoms with E-state index in [2.05, 4.69) is 10.1 Å². The van der Waals surface area contributed by atoms with E-state index in [4.69, 9.17) is 18.7 Å². The third kappa shape index (κ3) is 3.83. The first-order valence-electron chi connectivity index (χ1n) is 7.89. The summed E-state index contributed by atoms with van der Waals surface area (Å²) in [5, 5.41) is 3.96. The minimum atomic E-state index is -0.0466. The molecule has 0 aliphatic rings. The normalized spacial score (nSPS) is 10.4. The molecule has 0 radical (unpaired) electrons. The lowest BCUT2D eigenvalue weighted by atomic mass is 10.1. The van der Waals surface area contributed by atoms with E-state index in [9.17, 15) is 4.79 Å². The van der Waals surface area contributed by atoms with E-state index in [-0.39, 0.29) is 12.4 Å². The molecule has 1 aromatic heterocycles. The molecule has 7 nitrogen and oxygen atoms in total. The summed E-state index contributed by atoms with van der Waals surface area (Å²) in [6, 6.07) is 12.4. The Labute approximate surface area is 150 Å². The van der Waals surface area contributed by atoms with Crippen molar-refractivity contribution in [3.8, 4) is 28.6 Å². The van der Waals surface area contributed by atoms with Crippen LogP contribution in [-0.4, -0.2) is 30.1 Å². The van der Waals surface area contributed by atoms with E-state index in [1.807, 2.05) is 24.3 Å². The van der Waals surface area contributed by atoms with E-state index in [0.717, 1.165) is 5.56 Å². The van der Waals surface area contributed by atoms with Gasteiger partial charge in [-0.2, -0.15) is 4.98 Å². The number of hydrogen-bond acceptors (Lipinski definition) is 7. The molecule has 3 aromatic rings. The molecule has 3 rings (SSSR count). The minimum Gasteiger partial charge on any atom is -0.497 e. The van der Waals surface area contributed by atoms with Gasteiger partial charge in [-0.05, 0) is 37.3 Å². The maximum Gasteiger partial charge on any atom is 0.264 e. The molecule has 0 bridgehead atoms. The van der Waals surface area contributed by atoms with Crippen molar-refractivity contribution in [2.24, 2.45) is 0 Å². The fourth-order valence-corrected chi connectivity index (χ4v) is 2.34. The van der Waals surface area contributed by atoms with Gasteiger partial charge in [0.05, 0.1) is 14.2 Å². The van der Waals surface area contributed by atoms with Gasteiger partial charge in [0.15, 0.2) is 23.9 Å². The highest BCUT2D eigenvalue weighted by atomic mass is 16.5. The Morgan fingerprint density at radius 3 is 2.65 bits per heavy atom. The number of nitrogens with zero attached hydrogens (tertiary/aromatic N) is 2. The summed E-state index contributed by atoms with van der Waals surface area (Å²) in [6.45, 7) is 1.57. The van der Waals surface area contributed by atoms with Crippen molar-refractivity contribution in [2.75, 3.05) is 14.2 Å². The molecular weight excluding hydrogens is 336 g/mol. The highest BCUT2D eigenvalue weighted by Crippen LogP contribution is 2.29. The lowest BCUT2D eigenvalue weighted by Crippen LogP contribution is -2.00. The maximum atomic E-state index is 11.4. The third-order valence-corrected chi connectivity index (χ3v) is 3.72. The van der Waals surface area contributed by atoms with Gasteiger partial charge in [-0.25, -0.2) is 0 Å². The van der Waals surface area contributed by atoms with Crippen molar-refractivity contribution in [3.63, 3.8) is 0 Å². The van der Waals surface area contributed by atoms with Gasteiger partial charge in [0.1, 0.15) is 5.75 Å². The molecule has 0 aliphatic carbocycles. The predicted molar refractivity (Wildman–Crippen MR) is 93.6 cm³/mol. The number of benzene rings is 2. The van der Waals surface area contributed by atoms with Crippen molar-refractivity contribution < 1.29 is 23.5 Å². The van der Waals surface area contributed by atoms with E-state index < -0.39 is 0 Å². The number of carbonyl (C=O) groups is 1. The summed E-state index contributed by atoms with van der Waals surface area (Å²) in [5.74, 6) is 2.38. The van der Waals surface area contributed by atoms with Gasteiger partial charge >= 0.3 is 0 Å². The Morgan fingerprint density at radius 2 is 1.92 bits per heavy atom.